The van der Waals surface area contributed by atoms with Crippen LogP contribution in [-0.4, -0.2) is 65.3 Å². The molecule has 14 heteroatoms. The number of sulfonamides is 1. The average molecular weight is 623 g/mol. The molecule has 2 N–H and O–H groups in total. The molecule has 1 amide bonds. The Balaban J connectivity index is 1.36. The fourth-order valence-corrected chi connectivity index (χ4v) is 6.68. The lowest BCUT2D eigenvalue weighted by molar-refractivity contribution is 0.0977. The number of pyridine rings is 2. The first-order valence-corrected chi connectivity index (χ1v) is 16.1. The predicted molar refractivity (Wildman–Crippen MR) is 166 cm³/mol. The van der Waals surface area contributed by atoms with E-state index < -0.39 is 22.0 Å². The molecule has 1 aromatic carbocycles. The number of aromatic nitrogens is 4. The van der Waals surface area contributed by atoms with Gasteiger partial charge in [0.15, 0.2) is 5.69 Å². The zero-order valence-corrected chi connectivity index (χ0v) is 25.6. The van der Waals surface area contributed by atoms with Crippen molar-refractivity contribution in [3.05, 3.63) is 81.0 Å². The van der Waals surface area contributed by atoms with E-state index in [1.165, 1.54) is 6.07 Å². The minimum atomic E-state index is -3.83. The van der Waals surface area contributed by atoms with Crippen LogP contribution in [0, 0.1) is 6.92 Å². The van der Waals surface area contributed by atoms with E-state index in [1.54, 1.807) is 23.9 Å². The monoisotopic (exact) mass is 622 g/mol. The molecule has 2 aliphatic heterocycles. The maximum Gasteiger partial charge on any atom is 0.285 e. The third kappa shape index (κ3) is 5.50. The van der Waals surface area contributed by atoms with Crippen LogP contribution in [0.1, 0.15) is 41.0 Å². The Hall–Kier alpha value is -4.23. The van der Waals surface area contributed by atoms with Crippen LogP contribution in [0.15, 0.2) is 53.5 Å². The highest BCUT2D eigenvalue weighted by Crippen LogP contribution is 2.37. The summed E-state index contributed by atoms with van der Waals surface area (Å²) in [6, 6.07) is 12.8. The normalized spacial score (nSPS) is 18.7. The number of amides is 1. The van der Waals surface area contributed by atoms with Gasteiger partial charge in [-0.25, -0.2) is 28.1 Å². The molecule has 2 aliphatic rings. The summed E-state index contributed by atoms with van der Waals surface area (Å²) >= 11 is 6.04. The Kier molecular flexibility index (Phi) is 7.25. The molecule has 12 nitrogen and oxygen atoms in total. The minimum absolute atomic E-state index is 0.0363. The molecule has 43 heavy (non-hydrogen) atoms. The maximum atomic E-state index is 13.7. The maximum absolute atomic E-state index is 13.7. The van der Waals surface area contributed by atoms with Gasteiger partial charge in [-0.1, -0.05) is 23.7 Å². The molecule has 0 saturated carbocycles. The highest BCUT2D eigenvalue weighted by atomic mass is 35.5. The molecule has 6 rings (SSSR count). The van der Waals surface area contributed by atoms with Crippen molar-refractivity contribution in [2.75, 3.05) is 34.5 Å². The second-order valence-electron chi connectivity index (χ2n) is 11.2. The number of halogens is 1. The van der Waals surface area contributed by atoms with Crippen molar-refractivity contribution in [2.45, 2.75) is 38.4 Å². The van der Waals surface area contributed by atoms with Crippen molar-refractivity contribution < 1.29 is 13.2 Å². The lowest BCUT2D eigenvalue weighted by Crippen LogP contribution is -2.48. The van der Waals surface area contributed by atoms with Gasteiger partial charge in [0.05, 0.1) is 41.0 Å². The molecule has 0 radical (unpaired) electrons. The number of carbonyl (C=O) groups excluding carboxylic acids is 1. The zero-order chi connectivity index (χ0) is 30.6. The number of hydrogen-bond donors (Lipinski definition) is 2. The first-order valence-electron chi connectivity index (χ1n) is 13.8. The molecule has 0 unspecified atom stereocenters. The molecule has 5 heterocycles. The fourth-order valence-electron chi connectivity index (χ4n) is 6.10. The number of carbonyl (C=O) groups is 1. The van der Waals surface area contributed by atoms with Crippen LogP contribution < -0.4 is 25.4 Å². The van der Waals surface area contributed by atoms with E-state index in [-0.39, 0.29) is 34.2 Å². The Morgan fingerprint density at radius 2 is 1.84 bits per heavy atom. The quantitative estimate of drug-likeness (QED) is 0.295. The van der Waals surface area contributed by atoms with E-state index in [2.05, 4.69) is 25.1 Å². The highest BCUT2D eigenvalue weighted by Gasteiger charge is 2.45. The second-order valence-corrected chi connectivity index (χ2v) is 13.3. The van der Waals surface area contributed by atoms with Gasteiger partial charge in [-0.05, 0) is 56.2 Å². The summed E-state index contributed by atoms with van der Waals surface area (Å²) in [5.74, 6) is 0.644. The summed E-state index contributed by atoms with van der Waals surface area (Å²) in [5.41, 5.74) is 2.14. The van der Waals surface area contributed by atoms with E-state index in [0.29, 0.717) is 16.9 Å². The van der Waals surface area contributed by atoms with Crippen LogP contribution in [0.3, 0.4) is 0 Å². The molecule has 3 aromatic heterocycles. The van der Waals surface area contributed by atoms with Crippen molar-refractivity contribution in [3.63, 3.8) is 0 Å². The number of nitrogens with one attached hydrogen (secondary N) is 2. The zero-order valence-electron chi connectivity index (χ0n) is 24.1. The van der Waals surface area contributed by atoms with Gasteiger partial charge in [-0.2, -0.15) is 0 Å². The van der Waals surface area contributed by atoms with E-state index in [1.807, 2.05) is 48.9 Å². The third-order valence-corrected chi connectivity index (χ3v) is 8.73. The smallest absolute Gasteiger partial charge is 0.285 e. The van der Waals surface area contributed by atoms with Crippen LogP contribution in [-0.2, 0) is 17.1 Å². The van der Waals surface area contributed by atoms with Gasteiger partial charge in [-0.3, -0.25) is 14.2 Å². The van der Waals surface area contributed by atoms with Crippen LogP contribution in [0.5, 0.6) is 0 Å². The summed E-state index contributed by atoms with van der Waals surface area (Å²) in [6.07, 6.45) is 3.63. The van der Waals surface area contributed by atoms with Crippen LogP contribution in [0.2, 0.25) is 5.15 Å². The number of hydrogen-bond acceptors (Lipinski definition) is 10. The second kappa shape index (κ2) is 10.8. The van der Waals surface area contributed by atoms with Gasteiger partial charge in [0.25, 0.3) is 11.5 Å². The third-order valence-electron chi connectivity index (χ3n) is 7.96. The summed E-state index contributed by atoms with van der Waals surface area (Å²) < 4.78 is 27.0. The molecule has 3 atom stereocenters. The standard InChI is InChI=1S/C29H31ClN8O4S/c1-16-11-20(17(2)32-22-8-9-23(30)33-26(22)27(39)35-43(4,41)42)25-21(12-16)28(40)36(3)29(34-25)38-15-18-13-19(38)14-37(18)24-7-5-6-10-31-24/h5-12,17-19,32H,13-15H2,1-4H3,(H,35,39)/t17-,18+,19+/m1/s1. The first kappa shape index (κ1) is 28.9. The lowest BCUT2D eigenvalue weighted by atomic mass is 10.0. The molecule has 0 spiro atoms. The Bertz CT molecular complexity index is 1920. The molecule has 2 bridgehead atoms. The largest absolute Gasteiger partial charge is 0.377 e. The van der Waals surface area contributed by atoms with Crippen molar-refractivity contribution in [1.29, 1.82) is 0 Å². The number of nitrogens with zero attached hydrogens (tertiary/aromatic N) is 6. The SMILES string of the molecule is Cc1cc([C@@H](C)Nc2ccc(Cl)nc2C(=O)NS(C)(=O)=O)c2nc(N3C[C@@H]4C[C@H]3CN4c3ccccn3)n(C)c(=O)c2c1. The summed E-state index contributed by atoms with van der Waals surface area (Å²) in [7, 11) is -2.08. The number of anilines is 3. The fraction of sp³-hybridized carbons (Fsp3) is 0.345. The van der Waals surface area contributed by atoms with E-state index in [4.69, 9.17) is 16.6 Å². The predicted octanol–water partition coefficient (Wildman–Crippen LogP) is 3.02. The average Bonchev–Trinajstić information content (AvgIpc) is 3.57. The lowest BCUT2D eigenvalue weighted by Gasteiger charge is -2.36. The van der Waals surface area contributed by atoms with Gasteiger partial charge >= 0.3 is 0 Å². The molecule has 224 valence electrons. The topological polar surface area (TPSA) is 142 Å². The number of piperazine rings is 1. The van der Waals surface area contributed by atoms with Gasteiger partial charge < -0.3 is 15.1 Å². The summed E-state index contributed by atoms with van der Waals surface area (Å²) in [4.78, 5) is 44.7. The molecule has 0 aliphatic carbocycles. The summed E-state index contributed by atoms with van der Waals surface area (Å²) in [6.45, 7) is 5.29. The number of rotatable bonds is 7. The van der Waals surface area contributed by atoms with Gasteiger partial charge in [0.1, 0.15) is 11.0 Å². The van der Waals surface area contributed by atoms with Crippen LogP contribution in [0.4, 0.5) is 17.5 Å². The number of benzene rings is 1. The van der Waals surface area contributed by atoms with Crippen LogP contribution >= 0.6 is 11.6 Å². The Morgan fingerprint density at radius 1 is 1.09 bits per heavy atom. The van der Waals surface area contributed by atoms with Crippen molar-refractivity contribution in [2.24, 2.45) is 7.05 Å². The van der Waals surface area contributed by atoms with E-state index >= 15 is 0 Å². The van der Waals surface area contributed by atoms with Gasteiger partial charge in [0, 0.05) is 31.9 Å². The number of fused-ring (bicyclic) bond motifs is 3. The highest BCUT2D eigenvalue weighted by molar-refractivity contribution is 7.89. The Labute approximate surface area is 253 Å². The molecule has 2 saturated heterocycles. The Morgan fingerprint density at radius 3 is 2.51 bits per heavy atom. The van der Waals surface area contributed by atoms with Crippen molar-refractivity contribution in [3.8, 4) is 0 Å². The molecular weight excluding hydrogens is 592 g/mol. The molecule has 4 aromatic rings. The summed E-state index contributed by atoms with van der Waals surface area (Å²) in [5, 5.41) is 3.78. The van der Waals surface area contributed by atoms with Crippen molar-refractivity contribution in [1.82, 2.24) is 24.2 Å². The first-order chi connectivity index (χ1) is 20.4. The minimum Gasteiger partial charge on any atom is -0.377 e. The molecule has 2 fully saturated rings. The number of aryl methyl sites for hydroxylation is 1. The van der Waals surface area contributed by atoms with Gasteiger partial charge in [0.2, 0.25) is 16.0 Å². The van der Waals surface area contributed by atoms with Gasteiger partial charge in [-0.15, -0.1) is 0 Å². The van der Waals surface area contributed by atoms with Crippen molar-refractivity contribution >= 4 is 55.9 Å². The van der Waals surface area contributed by atoms with E-state index in [0.717, 1.165) is 42.7 Å². The van der Waals surface area contributed by atoms with Crippen LogP contribution in [0.25, 0.3) is 10.9 Å². The molecular formula is C29H31ClN8O4S. The van der Waals surface area contributed by atoms with E-state index in [9.17, 15) is 18.0 Å².